The van der Waals surface area contributed by atoms with Crippen molar-refractivity contribution in [2.75, 3.05) is 16.8 Å². The summed E-state index contributed by atoms with van der Waals surface area (Å²) in [4.78, 5) is 26.2. The number of aryl methyl sites for hydroxylation is 2. The number of Topliss-reactive ketones (excluding diaryl/α,β-unsaturated/α-hetero) is 1. The molecule has 1 heterocycles. The number of alkyl halides is 1. The first-order chi connectivity index (χ1) is 9.38. The summed E-state index contributed by atoms with van der Waals surface area (Å²) in [7, 11) is 0. The molecule has 1 aliphatic rings. The van der Waals surface area contributed by atoms with Crippen LogP contribution in [0.3, 0.4) is 0 Å². The Labute approximate surface area is 128 Å². The molecular formula is C16H20BrNO2. The fourth-order valence-electron chi connectivity index (χ4n) is 2.61. The lowest BCUT2D eigenvalue weighted by molar-refractivity contribution is -0.114. The van der Waals surface area contributed by atoms with Crippen molar-refractivity contribution in [2.45, 2.75) is 27.7 Å². The predicted molar refractivity (Wildman–Crippen MR) is 84.7 cm³/mol. The van der Waals surface area contributed by atoms with E-state index in [0.29, 0.717) is 23.9 Å². The van der Waals surface area contributed by atoms with E-state index in [0.717, 1.165) is 22.1 Å². The minimum Gasteiger partial charge on any atom is -0.304 e. The molecule has 1 atom stereocenters. The van der Waals surface area contributed by atoms with Gasteiger partial charge in [-0.15, -0.1) is 0 Å². The van der Waals surface area contributed by atoms with Crippen molar-refractivity contribution < 1.29 is 9.59 Å². The van der Waals surface area contributed by atoms with Crippen molar-refractivity contribution in [3.63, 3.8) is 0 Å². The van der Waals surface area contributed by atoms with E-state index < -0.39 is 0 Å². The Kier molecular flexibility index (Phi) is 4.33. The van der Waals surface area contributed by atoms with Crippen LogP contribution in [0, 0.1) is 25.7 Å². The minimum atomic E-state index is -0.385. The Balaban J connectivity index is 2.45. The highest BCUT2D eigenvalue weighted by molar-refractivity contribution is 9.09. The molecule has 0 fully saturated rings. The summed E-state index contributed by atoms with van der Waals surface area (Å²) < 4.78 is 0. The van der Waals surface area contributed by atoms with Crippen molar-refractivity contribution in [2.24, 2.45) is 11.8 Å². The van der Waals surface area contributed by atoms with Gasteiger partial charge in [0, 0.05) is 11.9 Å². The summed E-state index contributed by atoms with van der Waals surface area (Å²) in [6.07, 6.45) is 0. The van der Waals surface area contributed by atoms with Crippen LogP contribution in [0.1, 0.15) is 35.3 Å². The van der Waals surface area contributed by atoms with E-state index in [1.165, 1.54) is 0 Å². The Morgan fingerprint density at radius 2 is 1.75 bits per heavy atom. The first kappa shape index (κ1) is 15.2. The lowest BCUT2D eigenvalue weighted by atomic mass is 9.97. The number of halogens is 1. The van der Waals surface area contributed by atoms with Crippen LogP contribution in [0.2, 0.25) is 0 Å². The lowest BCUT2D eigenvalue weighted by Gasteiger charge is -2.26. The maximum absolute atomic E-state index is 12.3. The maximum Gasteiger partial charge on any atom is 0.299 e. The normalized spacial score (nSPS) is 16.0. The molecule has 0 spiro atoms. The average Bonchev–Trinajstić information content (AvgIpc) is 2.65. The summed E-state index contributed by atoms with van der Waals surface area (Å²) in [5.74, 6) is 0.0336. The standard InChI is InChI=1S/C16H20BrNO2/c1-9(2)12(7-17)8-18-14-11(4)6-5-10(3)13(14)15(19)16(18)20/h5-6,9,12H,7-8H2,1-4H3. The molecule has 4 heteroatoms. The van der Waals surface area contributed by atoms with Crippen LogP contribution in [0.25, 0.3) is 0 Å². The topological polar surface area (TPSA) is 37.4 Å². The molecule has 1 aromatic carbocycles. The number of amides is 1. The second kappa shape index (κ2) is 5.68. The molecule has 0 aliphatic carbocycles. The minimum absolute atomic E-state index is 0.331. The van der Waals surface area contributed by atoms with E-state index >= 15 is 0 Å². The van der Waals surface area contributed by atoms with Gasteiger partial charge in [0.2, 0.25) is 0 Å². The van der Waals surface area contributed by atoms with Gasteiger partial charge in [0.15, 0.2) is 0 Å². The van der Waals surface area contributed by atoms with E-state index in [9.17, 15) is 9.59 Å². The second-order valence-electron chi connectivity index (χ2n) is 5.83. The van der Waals surface area contributed by atoms with Crippen molar-refractivity contribution in [3.05, 3.63) is 28.8 Å². The third-order valence-electron chi connectivity index (χ3n) is 4.08. The number of nitrogens with zero attached hydrogens (tertiary/aromatic N) is 1. The van der Waals surface area contributed by atoms with Crippen molar-refractivity contribution in [3.8, 4) is 0 Å². The number of carbonyl (C=O) groups excluding carboxylic acids is 2. The van der Waals surface area contributed by atoms with Crippen LogP contribution in [0.4, 0.5) is 5.69 Å². The maximum atomic E-state index is 12.3. The fourth-order valence-corrected chi connectivity index (χ4v) is 3.56. The summed E-state index contributed by atoms with van der Waals surface area (Å²) >= 11 is 3.51. The lowest BCUT2D eigenvalue weighted by Crippen LogP contribution is -2.36. The zero-order chi connectivity index (χ0) is 15.0. The number of fused-ring (bicyclic) bond motifs is 1. The quantitative estimate of drug-likeness (QED) is 0.622. The van der Waals surface area contributed by atoms with Crippen molar-refractivity contribution in [1.29, 1.82) is 0 Å². The molecule has 20 heavy (non-hydrogen) atoms. The van der Waals surface area contributed by atoms with E-state index in [1.54, 1.807) is 4.90 Å². The Hall–Kier alpha value is -1.16. The summed E-state index contributed by atoms with van der Waals surface area (Å²) in [5, 5.41) is 0.822. The SMILES string of the molecule is Cc1ccc(C)c2c1C(=O)C(=O)N2CC(CBr)C(C)C. The molecule has 1 aromatic rings. The van der Waals surface area contributed by atoms with Crippen molar-refractivity contribution in [1.82, 2.24) is 0 Å². The van der Waals surface area contributed by atoms with Gasteiger partial charge in [-0.1, -0.05) is 41.9 Å². The van der Waals surface area contributed by atoms with Gasteiger partial charge < -0.3 is 4.90 Å². The third kappa shape index (κ3) is 2.41. The molecular weight excluding hydrogens is 318 g/mol. The van der Waals surface area contributed by atoms with Crippen LogP contribution >= 0.6 is 15.9 Å². The monoisotopic (exact) mass is 337 g/mol. The Morgan fingerprint density at radius 3 is 2.30 bits per heavy atom. The molecule has 1 unspecified atom stereocenters. The van der Waals surface area contributed by atoms with E-state index in [-0.39, 0.29) is 11.7 Å². The molecule has 0 radical (unpaired) electrons. The number of benzene rings is 1. The molecule has 0 saturated heterocycles. The number of hydrogen-bond donors (Lipinski definition) is 0. The number of carbonyl (C=O) groups is 2. The zero-order valence-corrected chi connectivity index (χ0v) is 14.0. The van der Waals surface area contributed by atoms with Gasteiger partial charge in [-0.05, 0) is 36.8 Å². The molecule has 108 valence electrons. The highest BCUT2D eigenvalue weighted by Gasteiger charge is 2.39. The smallest absolute Gasteiger partial charge is 0.299 e. The first-order valence-corrected chi connectivity index (χ1v) is 8.03. The van der Waals surface area contributed by atoms with Gasteiger partial charge in [0.25, 0.3) is 11.7 Å². The largest absolute Gasteiger partial charge is 0.304 e. The number of rotatable bonds is 4. The summed E-state index contributed by atoms with van der Waals surface area (Å²) in [6, 6.07) is 3.89. The number of anilines is 1. The number of ketones is 1. The van der Waals surface area contributed by atoms with Gasteiger partial charge in [-0.2, -0.15) is 0 Å². The van der Waals surface area contributed by atoms with Crippen LogP contribution in [-0.4, -0.2) is 23.6 Å². The van der Waals surface area contributed by atoms with E-state index in [2.05, 4.69) is 29.8 Å². The van der Waals surface area contributed by atoms with Gasteiger partial charge in [-0.25, -0.2) is 0 Å². The van der Waals surface area contributed by atoms with Gasteiger partial charge in [-0.3, -0.25) is 9.59 Å². The molecule has 2 rings (SSSR count). The van der Waals surface area contributed by atoms with Crippen LogP contribution < -0.4 is 4.90 Å². The second-order valence-corrected chi connectivity index (χ2v) is 6.47. The van der Waals surface area contributed by atoms with Gasteiger partial charge >= 0.3 is 0 Å². The Morgan fingerprint density at radius 1 is 1.15 bits per heavy atom. The fraction of sp³-hybridized carbons (Fsp3) is 0.500. The van der Waals surface area contributed by atoms with Gasteiger partial charge in [0.1, 0.15) is 0 Å². The molecule has 0 N–H and O–H groups in total. The van der Waals surface area contributed by atoms with Gasteiger partial charge in [0.05, 0.1) is 11.3 Å². The summed E-state index contributed by atoms with van der Waals surface area (Å²) in [5.41, 5.74) is 3.27. The predicted octanol–water partition coefficient (Wildman–Crippen LogP) is 3.50. The summed E-state index contributed by atoms with van der Waals surface area (Å²) in [6.45, 7) is 8.70. The highest BCUT2D eigenvalue weighted by Crippen LogP contribution is 2.35. The Bertz CT molecular complexity index is 566. The van der Waals surface area contributed by atoms with Crippen molar-refractivity contribution >= 4 is 33.3 Å². The van der Waals surface area contributed by atoms with Crippen LogP contribution in [0.5, 0.6) is 0 Å². The van der Waals surface area contributed by atoms with E-state index in [4.69, 9.17) is 0 Å². The third-order valence-corrected chi connectivity index (χ3v) is 4.91. The highest BCUT2D eigenvalue weighted by atomic mass is 79.9. The molecule has 0 bridgehead atoms. The average molecular weight is 338 g/mol. The molecule has 1 aliphatic heterocycles. The molecule has 0 saturated carbocycles. The molecule has 1 amide bonds. The first-order valence-electron chi connectivity index (χ1n) is 6.90. The van der Waals surface area contributed by atoms with Crippen LogP contribution in [-0.2, 0) is 4.79 Å². The van der Waals surface area contributed by atoms with Crippen LogP contribution in [0.15, 0.2) is 12.1 Å². The number of hydrogen-bond acceptors (Lipinski definition) is 2. The van der Waals surface area contributed by atoms with E-state index in [1.807, 2.05) is 26.0 Å². The molecule has 0 aromatic heterocycles. The zero-order valence-electron chi connectivity index (χ0n) is 12.4. The molecule has 3 nitrogen and oxygen atoms in total.